The number of pyridine rings is 1. The number of hydrogen-bond donors (Lipinski definition) is 2. The Kier molecular flexibility index (Phi) is 8.78. The monoisotopic (exact) mass is 319 g/mol. The van der Waals surface area contributed by atoms with Gasteiger partial charge in [-0.05, 0) is 57.8 Å². The summed E-state index contributed by atoms with van der Waals surface area (Å²) in [6.07, 6.45) is 2.39. The van der Waals surface area contributed by atoms with Crippen LogP contribution in [0.5, 0.6) is 0 Å². The highest BCUT2D eigenvalue weighted by atomic mass is 35.5. The van der Waals surface area contributed by atoms with Crippen molar-refractivity contribution in [1.82, 2.24) is 15.6 Å². The highest BCUT2D eigenvalue weighted by Gasteiger charge is 2.15. The fourth-order valence-electron chi connectivity index (χ4n) is 2.36. The van der Waals surface area contributed by atoms with Gasteiger partial charge in [-0.25, -0.2) is 0 Å². The number of halogens is 2. The number of carbonyl (C=O) groups excluding carboxylic acids is 1. The Morgan fingerprint density at radius 3 is 2.75 bits per heavy atom. The second-order valence-electron chi connectivity index (χ2n) is 5.01. The molecule has 1 saturated heterocycles. The van der Waals surface area contributed by atoms with Crippen molar-refractivity contribution in [2.75, 3.05) is 19.6 Å². The van der Waals surface area contributed by atoms with E-state index in [1.807, 2.05) is 26.0 Å². The number of piperidine rings is 1. The zero-order valence-corrected chi connectivity index (χ0v) is 13.6. The van der Waals surface area contributed by atoms with Crippen LogP contribution in [0.15, 0.2) is 12.1 Å². The standard InChI is InChI=1S/C14H21N3O.2ClH/c1-10-5-6-13(11(2)17-10)14(18)16-9-12-4-3-7-15-8-12;;/h5-6,12,15H,3-4,7-9H2,1-2H3,(H,16,18);2*1H. The van der Waals surface area contributed by atoms with Crippen LogP contribution < -0.4 is 10.6 Å². The van der Waals surface area contributed by atoms with Crippen LogP contribution in [0.2, 0.25) is 0 Å². The van der Waals surface area contributed by atoms with E-state index in [9.17, 15) is 4.79 Å². The summed E-state index contributed by atoms with van der Waals surface area (Å²) in [5, 5.41) is 6.36. The summed E-state index contributed by atoms with van der Waals surface area (Å²) in [4.78, 5) is 16.4. The average Bonchev–Trinajstić information content (AvgIpc) is 2.37. The predicted octanol–water partition coefficient (Wildman–Crippen LogP) is 2.27. The fourth-order valence-corrected chi connectivity index (χ4v) is 2.36. The Hall–Kier alpha value is -0.840. The van der Waals surface area contributed by atoms with Crippen LogP contribution in [0.1, 0.15) is 34.6 Å². The number of nitrogens with one attached hydrogen (secondary N) is 2. The lowest BCUT2D eigenvalue weighted by molar-refractivity contribution is 0.0944. The van der Waals surface area contributed by atoms with Gasteiger partial charge in [-0.1, -0.05) is 0 Å². The molecule has 1 aromatic heterocycles. The molecule has 2 heterocycles. The number of aryl methyl sites for hydroxylation is 2. The topological polar surface area (TPSA) is 54.0 Å². The average molecular weight is 320 g/mol. The Balaban J connectivity index is 0.00000180. The van der Waals surface area contributed by atoms with Gasteiger partial charge in [0.25, 0.3) is 5.91 Å². The van der Waals surface area contributed by atoms with Crippen molar-refractivity contribution in [3.8, 4) is 0 Å². The highest BCUT2D eigenvalue weighted by molar-refractivity contribution is 5.95. The number of hydrogen-bond acceptors (Lipinski definition) is 3. The lowest BCUT2D eigenvalue weighted by atomic mass is 9.99. The van der Waals surface area contributed by atoms with Gasteiger partial charge in [0.15, 0.2) is 0 Å². The number of aromatic nitrogens is 1. The maximum atomic E-state index is 12.0. The summed E-state index contributed by atoms with van der Waals surface area (Å²) in [7, 11) is 0. The summed E-state index contributed by atoms with van der Waals surface area (Å²) in [5.74, 6) is 0.548. The fraction of sp³-hybridized carbons (Fsp3) is 0.571. The zero-order valence-electron chi connectivity index (χ0n) is 11.9. The van der Waals surface area contributed by atoms with Gasteiger partial charge in [0, 0.05) is 12.2 Å². The van der Waals surface area contributed by atoms with Gasteiger partial charge in [0.1, 0.15) is 0 Å². The Morgan fingerprint density at radius 2 is 2.15 bits per heavy atom. The molecule has 1 amide bonds. The molecule has 4 nitrogen and oxygen atoms in total. The molecule has 0 aromatic carbocycles. The summed E-state index contributed by atoms with van der Waals surface area (Å²) in [5.41, 5.74) is 2.43. The summed E-state index contributed by atoms with van der Waals surface area (Å²) >= 11 is 0. The first kappa shape index (κ1) is 19.2. The van der Waals surface area contributed by atoms with Gasteiger partial charge >= 0.3 is 0 Å². The van der Waals surface area contributed by atoms with Crippen molar-refractivity contribution in [2.24, 2.45) is 5.92 Å². The maximum absolute atomic E-state index is 12.0. The first-order valence-electron chi connectivity index (χ1n) is 6.60. The van der Waals surface area contributed by atoms with Crippen LogP contribution in [-0.2, 0) is 0 Å². The quantitative estimate of drug-likeness (QED) is 0.898. The summed E-state index contributed by atoms with van der Waals surface area (Å²) in [6, 6.07) is 3.73. The summed E-state index contributed by atoms with van der Waals surface area (Å²) in [6.45, 7) is 6.67. The van der Waals surface area contributed by atoms with Gasteiger partial charge in [-0.3, -0.25) is 9.78 Å². The summed E-state index contributed by atoms with van der Waals surface area (Å²) < 4.78 is 0. The van der Waals surface area contributed by atoms with Gasteiger partial charge < -0.3 is 10.6 Å². The molecular weight excluding hydrogens is 297 g/mol. The highest BCUT2D eigenvalue weighted by Crippen LogP contribution is 2.10. The zero-order chi connectivity index (χ0) is 13.0. The van der Waals surface area contributed by atoms with E-state index in [0.29, 0.717) is 11.5 Å². The molecule has 0 aliphatic carbocycles. The van der Waals surface area contributed by atoms with Crippen LogP contribution in [0.3, 0.4) is 0 Å². The normalized spacial score (nSPS) is 17.6. The van der Waals surface area contributed by atoms with Crippen LogP contribution in [0, 0.1) is 19.8 Å². The third kappa shape index (κ3) is 5.27. The minimum absolute atomic E-state index is 0. The Labute approximate surface area is 132 Å². The largest absolute Gasteiger partial charge is 0.352 e. The molecule has 1 atom stereocenters. The molecule has 0 bridgehead atoms. The molecule has 1 aliphatic rings. The maximum Gasteiger partial charge on any atom is 0.253 e. The number of carbonyl (C=O) groups is 1. The van der Waals surface area contributed by atoms with Gasteiger partial charge in [-0.2, -0.15) is 0 Å². The van der Waals surface area contributed by atoms with E-state index in [-0.39, 0.29) is 30.7 Å². The molecule has 0 spiro atoms. The third-order valence-electron chi connectivity index (χ3n) is 3.42. The SMILES string of the molecule is Cc1ccc(C(=O)NCC2CCCNC2)c(C)n1.Cl.Cl. The van der Waals surface area contributed by atoms with E-state index in [1.165, 1.54) is 12.8 Å². The number of rotatable bonds is 3. The lowest BCUT2D eigenvalue weighted by Gasteiger charge is -2.23. The molecule has 1 aliphatic heterocycles. The number of amides is 1. The van der Waals surface area contributed by atoms with Crippen molar-refractivity contribution in [1.29, 1.82) is 0 Å². The van der Waals surface area contributed by atoms with Gasteiger partial charge in [-0.15, -0.1) is 24.8 Å². The van der Waals surface area contributed by atoms with Gasteiger partial charge in [0.2, 0.25) is 0 Å². The second-order valence-corrected chi connectivity index (χ2v) is 5.01. The van der Waals surface area contributed by atoms with Crippen LogP contribution in [0.4, 0.5) is 0 Å². The molecule has 20 heavy (non-hydrogen) atoms. The number of nitrogens with zero attached hydrogens (tertiary/aromatic N) is 1. The van der Waals surface area contributed by atoms with Crippen molar-refractivity contribution in [3.05, 3.63) is 29.1 Å². The van der Waals surface area contributed by atoms with E-state index in [1.54, 1.807) is 0 Å². The molecule has 0 radical (unpaired) electrons. The minimum atomic E-state index is -0.00873. The van der Waals surface area contributed by atoms with Crippen LogP contribution in [0.25, 0.3) is 0 Å². The first-order valence-corrected chi connectivity index (χ1v) is 6.60. The Bertz CT molecular complexity index is 434. The van der Waals surface area contributed by atoms with Crippen molar-refractivity contribution in [3.63, 3.8) is 0 Å². The molecule has 1 unspecified atom stereocenters. The van der Waals surface area contributed by atoms with Gasteiger partial charge in [0.05, 0.1) is 11.3 Å². The molecule has 2 rings (SSSR count). The predicted molar refractivity (Wildman–Crippen MR) is 86.1 cm³/mol. The third-order valence-corrected chi connectivity index (χ3v) is 3.42. The van der Waals surface area contributed by atoms with E-state index in [4.69, 9.17) is 0 Å². The van der Waals surface area contributed by atoms with E-state index in [2.05, 4.69) is 15.6 Å². The lowest BCUT2D eigenvalue weighted by Crippen LogP contribution is -2.38. The molecule has 1 fully saturated rings. The van der Waals surface area contributed by atoms with E-state index in [0.717, 1.165) is 31.0 Å². The molecular formula is C14H23Cl2N3O. The van der Waals surface area contributed by atoms with Crippen LogP contribution >= 0.6 is 24.8 Å². The molecule has 114 valence electrons. The van der Waals surface area contributed by atoms with Crippen molar-refractivity contribution >= 4 is 30.7 Å². The minimum Gasteiger partial charge on any atom is -0.352 e. The molecule has 1 aromatic rings. The molecule has 0 saturated carbocycles. The van der Waals surface area contributed by atoms with Crippen molar-refractivity contribution < 1.29 is 4.79 Å². The molecule has 6 heteroatoms. The van der Waals surface area contributed by atoms with Crippen molar-refractivity contribution in [2.45, 2.75) is 26.7 Å². The van der Waals surface area contributed by atoms with Crippen LogP contribution in [-0.4, -0.2) is 30.5 Å². The van der Waals surface area contributed by atoms with E-state index >= 15 is 0 Å². The first-order chi connectivity index (χ1) is 8.66. The molecule has 2 N–H and O–H groups in total. The Morgan fingerprint density at radius 1 is 1.40 bits per heavy atom. The smallest absolute Gasteiger partial charge is 0.253 e. The second kappa shape index (κ2) is 9.16. The van der Waals surface area contributed by atoms with E-state index < -0.39 is 0 Å².